The summed E-state index contributed by atoms with van der Waals surface area (Å²) in [7, 11) is -2.61. The second kappa shape index (κ2) is 6.88. The predicted molar refractivity (Wildman–Crippen MR) is 91.0 cm³/mol. The van der Waals surface area contributed by atoms with E-state index in [9.17, 15) is 18.5 Å². The van der Waals surface area contributed by atoms with Crippen LogP contribution in [0.25, 0.3) is 0 Å². The fraction of sp³-hybridized carbons (Fsp3) is 0.250. The number of ether oxygens (including phenoxy) is 1. The normalized spacial score (nSPS) is 11.1. The quantitative estimate of drug-likeness (QED) is 0.590. The van der Waals surface area contributed by atoms with E-state index in [1.807, 2.05) is 6.92 Å². The van der Waals surface area contributed by atoms with Gasteiger partial charge in [0, 0.05) is 7.05 Å². The van der Waals surface area contributed by atoms with Crippen LogP contribution in [-0.4, -0.2) is 27.0 Å². The van der Waals surface area contributed by atoms with Crippen LogP contribution in [-0.2, 0) is 10.0 Å². The van der Waals surface area contributed by atoms with Gasteiger partial charge in [-0.05, 0) is 38.1 Å². The minimum Gasteiger partial charge on any atom is -0.494 e. The van der Waals surface area contributed by atoms with Gasteiger partial charge in [0.25, 0.3) is 15.7 Å². The van der Waals surface area contributed by atoms with Crippen LogP contribution < -0.4 is 9.04 Å². The first-order valence-corrected chi connectivity index (χ1v) is 8.68. The zero-order valence-electron chi connectivity index (χ0n) is 13.6. The van der Waals surface area contributed by atoms with Crippen molar-refractivity contribution in [3.8, 4) is 5.75 Å². The zero-order chi connectivity index (χ0) is 17.9. The van der Waals surface area contributed by atoms with Crippen molar-refractivity contribution in [2.24, 2.45) is 0 Å². The van der Waals surface area contributed by atoms with Crippen LogP contribution >= 0.6 is 0 Å². The van der Waals surface area contributed by atoms with Gasteiger partial charge in [0.15, 0.2) is 0 Å². The first-order valence-electron chi connectivity index (χ1n) is 7.24. The summed E-state index contributed by atoms with van der Waals surface area (Å²) in [5.41, 5.74) is 0.562. The van der Waals surface area contributed by atoms with Gasteiger partial charge in [0.1, 0.15) is 11.4 Å². The molecule has 8 heteroatoms. The molecule has 24 heavy (non-hydrogen) atoms. The van der Waals surface area contributed by atoms with E-state index in [-0.39, 0.29) is 16.3 Å². The Hall–Kier alpha value is -2.61. The maximum absolute atomic E-state index is 12.7. The minimum atomic E-state index is -3.90. The average molecular weight is 350 g/mol. The van der Waals surface area contributed by atoms with E-state index >= 15 is 0 Å². The Balaban J connectivity index is 2.50. The molecule has 0 spiro atoms. The molecule has 2 aromatic carbocycles. The summed E-state index contributed by atoms with van der Waals surface area (Å²) in [6.07, 6.45) is 0. The number of nitrogens with zero attached hydrogens (tertiary/aromatic N) is 2. The van der Waals surface area contributed by atoms with Gasteiger partial charge >= 0.3 is 0 Å². The van der Waals surface area contributed by atoms with Gasteiger partial charge < -0.3 is 4.74 Å². The number of hydrogen-bond donors (Lipinski definition) is 0. The summed E-state index contributed by atoms with van der Waals surface area (Å²) in [5.74, 6) is 0.314. The highest BCUT2D eigenvalue weighted by molar-refractivity contribution is 7.92. The first kappa shape index (κ1) is 17.7. The van der Waals surface area contributed by atoms with Crippen molar-refractivity contribution < 1.29 is 18.1 Å². The van der Waals surface area contributed by atoms with Crippen LogP contribution in [0, 0.1) is 17.0 Å². The molecule has 2 rings (SSSR count). The number of sulfonamides is 1. The lowest BCUT2D eigenvalue weighted by molar-refractivity contribution is -0.384. The zero-order valence-corrected chi connectivity index (χ0v) is 14.4. The second-order valence-corrected chi connectivity index (χ2v) is 7.10. The monoisotopic (exact) mass is 350 g/mol. The number of rotatable bonds is 6. The van der Waals surface area contributed by atoms with Crippen LogP contribution in [0.4, 0.5) is 11.4 Å². The van der Waals surface area contributed by atoms with Gasteiger partial charge in [-0.3, -0.25) is 14.4 Å². The largest absolute Gasteiger partial charge is 0.494 e. The van der Waals surface area contributed by atoms with E-state index in [0.717, 1.165) is 9.87 Å². The van der Waals surface area contributed by atoms with E-state index in [0.29, 0.717) is 12.4 Å². The molecule has 0 unspecified atom stereocenters. The number of hydrogen-bond acceptors (Lipinski definition) is 5. The average Bonchev–Trinajstić information content (AvgIpc) is 2.54. The van der Waals surface area contributed by atoms with Crippen molar-refractivity contribution in [2.45, 2.75) is 18.7 Å². The smallest absolute Gasteiger partial charge is 0.297 e. The highest BCUT2D eigenvalue weighted by Gasteiger charge is 2.27. The molecule has 0 aromatic heterocycles. The summed E-state index contributed by atoms with van der Waals surface area (Å²) in [6, 6.07) is 10.4. The van der Waals surface area contributed by atoms with Crippen LogP contribution in [0.3, 0.4) is 0 Å². The molecule has 128 valence electrons. The van der Waals surface area contributed by atoms with Crippen LogP contribution in [0.2, 0.25) is 0 Å². The van der Waals surface area contributed by atoms with Crippen LogP contribution in [0.15, 0.2) is 47.4 Å². The molecular weight excluding hydrogens is 332 g/mol. The molecule has 0 heterocycles. The molecule has 0 N–H and O–H groups in total. The molecular formula is C16H18N2O5S. The van der Waals surface area contributed by atoms with Crippen LogP contribution in [0.5, 0.6) is 5.75 Å². The van der Waals surface area contributed by atoms with Gasteiger partial charge in [-0.15, -0.1) is 0 Å². The maximum Gasteiger partial charge on any atom is 0.297 e. The Kier molecular flexibility index (Phi) is 5.08. The molecule has 7 nitrogen and oxygen atoms in total. The molecule has 2 aromatic rings. The molecule has 0 amide bonds. The topological polar surface area (TPSA) is 89.8 Å². The third kappa shape index (κ3) is 3.48. The fourth-order valence-corrected chi connectivity index (χ4v) is 3.38. The Morgan fingerprint density at radius 3 is 2.33 bits per heavy atom. The third-order valence-corrected chi connectivity index (χ3v) is 5.26. The van der Waals surface area contributed by atoms with E-state index in [2.05, 4.69) is 0 Å². The molecule has 0 aliphatic heterocycles. The van der Waals surface area contributed by atoms with Crippen molar-refractivity contribution >= 4 is 21.4 Å². The van der Waals surface area contributed by atoms with Gasteiger partial charge in [0.2, 0.25) is 0 Å². The van der Waals surface area contributed by atoms with Gasteiger partial charge in [-0.1, -0.05) is 17.7 Å². The molecule has 0 atom stereocenters. The van der Waals surface area contributed by atoms with Crippen molar-refractivity contribution in [3.63, 3.8) is 0 Å². The second-order valence-electron chi connectivity index (χ2n) is 5.13. The number of anilines is 1. The molecule has 0 radical (unpaired) electrons. The Morgan fingerprint density at radius 1 is 1.17 bits per heavy atom. The van der Waals surface area contributed by atoms with Crippen molar-refractivity contribution in [2.75, 3.05) is 18.0 Å². The highest BCUT2D eigenvalue weighted by Crippen LogP contribution is 2.34. The first-order chi connectivity index (χ1) is 11.3. The third-order valence-electron chi connectivity index (χ3n) is 3.47. The SMILES string of the molecule is CCOc1ccc(N(C)S(=O)(=O)c2ccc(C)cc2)c([N+](=O)[O-])c1. The Bertz CT molecular complexity index is 847. The van der Waals surface area contributed by atoms with Crippen molar-refractivity contribution in [3.05, 3.63) is 58.1 Å². The number of aryl methyl sites for hydroxylation is 1. The Morgan fingerprint density at radius 2 is 1.79 bits per heavy atom. The Labute approximate surface area is 140 Å². The molecule has 0 saturated heterocycles. The molecule has 0 bridgehead atoms. The molecule has 0 aliphatic rings. The summed E-state index contributed by atoms with van der Waals surface area (Å²) in [5, 5.41) is 11.3. The van der Waals surface area contributed by atoms with Crippen molar-refractivity contribution in [1.82, 2.24) is 0 Å². The molecule has 0 fully saturated rings. The van der Waals surface area contributed by atoms with Crippen LogP contribution in [0.1, 0.15) is 12.5 Å². The number of nitro groups is 1. The standard InChI is InChI=1S/C16H18N2O5S/c1-4-23-13-7-10-15(16(11-13)18(19)20)17(3)24(21,22)14-8-5-12(2)6-9-14/h5-11H,4H2,1-3H3. The number of nitro benzene ring substituents is 1. The maximum atomic E-state index is 12.7. The van der Waals surface area contributed by atoms with Gasteiger partial charge in [-0.25, -0.2) is 8.42 Å². The predicted octanol–water partition coefficient (Wildman–Crippen LogP) is 3.13. The fourth-order valence-electron chi connectivity index (χ4n) is 2.17. The summed E-state index contributed by atoms with van der Waals surface area (Å²) in [6.45, 7) is 3.96. The summed E-state index contributed by atoms with van der Waals surface area (Å²) >= 11 is 0. The number of benzene rings is 2. The summed E-state index contributed by atoms with van der Waals surface area (Å²) < 4.78 is 31.6. The highest BCUT2D eigenvalue weighted by atomic mass is 32.2. The minimum absolute atomic E-state index is 0.0240. The summed E-state index contributed by atoms with van der Waals surface area (Å²) in [4.78, 5) is 10.8. The molecule has 0 saturated carbocycles. The van der Waals surface area contributed by atoms with E-state index in [1.54, 1.807) is 19.1 Å². The lowest BCUT2D eigenvalue weighted by Gasteiger charge is -2.20. The van der Waals surface area contributed by atoms with Gasteiger partial charge in [-0.2, -0.15) is 0 Å². The van der Waals surface area contributed by atoms with E-state index in [4.69, 9.17) is 4.74 Å². The van der Waals surface area contributed by atoms with E-state index < -0.39 is 14.9 Å². The van der Waals surface area contributed by atoms with Gasteiger partial charge in [0.05, 0.1) is 22.5 Å². The van der Waals surface area contributed by atoms with Crippen molar-refractivity contribution in [1.29, 1.82) is 0 Å². The van der Waals surface area contributed by atoms with E-state index in [1.165, 1.54) is 37.4 Å². The molecule has 0 aliphatic carbocycles. The lowest BCUT2D eigenvalue weighted by atomic mass is 10.2. The lowest BCUT2D eigenvalue weighted by Crippen LogP contribution is -2.27.